The lowest BCUT2D eigenvalue weighted by Gasteiger charge is -1.99. The molecule has 3 aromatic carbocycles. The summed E-state index contributed by atoms with van der Waals surface area (Å²) in [5.74, 6) is 0.215. The van der Waals surface area contributed by atoms with Crippen LogP contribution in [0.25, 0.3) is 16.3 Å². The van der Waals surface area contributed by atoms with Gasteiger partial charge >= 0.3 is 5.01 Å². The summed E-state index contributed by atoms with van der Waals surface area (Å²) in [5, 5.41) is 20.2. The molecule has 0 radical (unpaired) electrons. The molecule has 7 heteroatoms. The van der Waals surface area contributed by atoms with Gasteiger partial charge in [-0.2, -0.15) is 0 Å². The second-order valence-electron chi connectivity index (χ2n) is 5.76. The lowest BCUT2D eigenvalue weighted by atomic mass is 10.2. The normalized spacial score (nSPS) is 10.7. The van der Waals surface area contributed by atoms with Crippen LogP contribution in [0.3, 0.4) is 0 Å². The molecule has 0 unspecified atom stereocenters. The van der Waals surface area contributed by atoms with E-state index in [-0.39, 0.29) is 5.75 Å². The van der Waals surface area contributed by atoms with E-state index in [1.54, 1.807) is 30.3 Å². The van der Waals surface area contributed by atoms with Gasteiger partial charge in [0.05, 0.1) is 10.6 Å². The summed E-state index contributed by atoms with van der Waals surface area (Å²) in [6, 6.07) is 22.1. The molecule has 4 aromatic rings. The number of benzene rings is 3. The Morgan fingerprint density at radius 2 is 1.67 bits per heavy atom. The van der Waals surface area contributed by atoms with E-state index in [2.05, 4.69) is 5.32 Å². The van der Waals surface area contributed by atoms with Gasteiger partial charge < -0.3 is 10.4 Å². The molecule has 0 fully saturated rings. The quantitative estimate of drug-likeness (QED) is 0.325. The van der Waals surface area contributed by atoms with Crippen molar-refractivity contribution in [2.45, 2.75) is 0 Å². The van der Waals surface area contributed by atoms with Crippen molar-refractivity contribution in [2.24, 2.45) is 0 Å². The molecule has 0 saturated heterocycles. The molecule has 0 bridgehead atoms. The SMILES string of the molecule is Oc1ccc(Nc2n[n+](-c3ccccc3)c(-c3ccc(Cl)cc3Cl)s2)cc1. The number of aromatic nitrogens is 2. The summed E-state index contributed by atoms with van der Waals surface area (Å²) >= 11 is 14.0. The van der Waals surface area contributed by atoms with E-state index < -0.39 is 0 Å². The van der Waals surface area contributed by atoms with Crippen LogP contribution in [0.2, 0.25) is 10.0 Å². The van der Waals surface area contributed by atoms with Gasteiger partial charge in [-0.25, -0.2) is 0 Å². The fourth-order valence-electron chi connectivity index (χ4n) is 2.59. The number of aromatic hydroxyl groups is 1. The fourth-order valence-corrected chi connectivity index (χ4v) is 4.14. The molecule has 134 valence electrons. The number of phenolic OH excluding ortho intramolecular Hbond substituents is 1. The van der Waals surface area contributed by atoms with E-state index >= 15 is 0 Å². The molecule has 1 heterocycles. The predicted octanol–water partition coefficient (Wildman–Crippen LogP) is 5.84. The van der Waals surface area contributed by atoms with E-state index in [0.717, 1.165) is 21.9 Å². The van der Waals surface area contributed by atoms with Crippen LogP contribution in [0.15, 0.2) is 72.8 Å². The molecule has 2 N–H and O–H groups in total. The molecule has 0 spiro atoms. The second kappa shape index (κ2) is 7.56. The van der Waals surface area contributed by atoms with Crippen LogP contribution in [0.5, 0.6) is 5.75 Å². The van der Waals surface area contributed by atoms with Gasteiger partial charge in [-0.05, 0) is 58.5 Å². The Morgan fingerprint density at radius 1 is 0.926 bits per heavy atom. The smallest absolute Gasteiger partial charge is 0.306 e. The van der Waals surface area contributed by atoms with Gasteiger partial charge in [0.2, 0.25) is 5.69 Å². The van der Waals surface area contributed by atoms with E-state index in [1.165, 1.54) is 11.3 Å². The number of hydrogen-bond donors (Lipinski definition) is 2. The third-order valence-corrected chi connectivity index (χ3v) is 5.37. The highest BCUT2D eigenvalue weighted by Gasteiger charge is 2.26. The number of para-hydroxylation sites is 1. The summed E-state index contributed by atoms with van der Waals surface area (Å²) in [4.78, 5) is 0. The first-order valence-corrected chi connectivity index (χ1v) is 9.67. The number of halogens is 2. The minimum absolute atomic E-state index is 0.215. The molecule has 4 nitrogen and oxygen atoms in total. The molecule has 0 aliphatic carbocycles. The summed E-state index contributed by atoms with van der Waals surface area (Å²) < 4.78 is 1.85. The number of nitrogens with one attached hydrogen (secondary N) is 1. The van der Waals surface area contributed by atoms with Crippen LogP contribution < -0.4 is 10.00 Å². The molecule has 1 aromatic heterocycles. The highest BCUT2D eigenvalue weighted by molar-refractivity contribution is 7.18. The van der Waals surface area contributed by atoms with Crippen LogP contribution in [0.4, 0.5) is 10.8 Å². The molecule has 4 rings (SSSR count). The van der Waals surface area contributed by atoms with Gasteiger partial charge in [0, 0.05) is 27.9 Å². The summed E-state index contributed by atoms with van der Waals surface area (Å²) in [6.45, 7) is 0. The molecule has 0 amide bonds. The van der Waals surface area contributed by atoms with Gasteiger partial charge in [0.15, 0.2) is 0 Å². The maximum absolute atomic E-state index is 9.45. The van der Waals surface area contributed by atoms with E-state index in [9.17, 15) is 5.11 Å². The summed E-state index contributed by atoms with van der Waals surface area (Å²) in [7, 11) is 0. The zero-order chi connectivity index (χ0) is 18.8. The van der Waals surface area contributed by atoms with E-state index in [1.807, 2.05) is 47.1 Å². The van der Waals surface area contributed by atoms with Gasteiger partial charge in [0.1, 0.15) is 5.75 Å². The van der Waals surface area contributed by atoms with E-state index in [0.29, 0.717) is 15.2 Å². The predicted molar refractivity (Wildman–Crippen MR) is 110 cm³/mol. The first-order chi connectivity index (χ1) is 13.1. The van der Waals surface area contributed by atoms with Crippen molar-refractivity contribution in [1.29, 1.82) is 0 Å². The summed E-state index contributed by atoms with van der Waals surface area (Å²) in [6.07, 6.45) is 0. The van der Waals surface area contributed by atoms with Crippen molar-refractivity contribution >= 4 is 45.4 Å². The van der Waals surface area contributed by atoms with Gasteiger partial charge in [-0.15, -0.1) is 0 Å². The Kier molecular flexibility index (Phi) is 4.99. The third-order valence-electron chi connectivity index (χ3n) is 3.86. The Hall–Kier alpha value is -2.60. The average Bonchev–Trinajstić information content (AvgIpc) is 3.08. The zero-order valence-electron chi connectivity index (χ0n) is 13.9. The lowest BCUT2D eigenvalue weighted by Crippen LogP contribution is -2.34. The first-order valence-electron chi connectivity index (χ1n) is 8.10. The maximum Gasteiger partial charge on any atom is 0.306 e. The Balaban J connectivity index is 1.81. The van der Waals surface area contributed by atoms with Crippen LogP contribution in [0, 0.1) is 0 Å². The number of rotatable bonds is 4. The molecule has 0 atom stereocenters. The molecular weight excluding hydrogens is 401 g/mol. The number of nitrogens with zero attached hydrogens (tertiary/aromatic N) is 2. The topological polar surface area (TPSA) is 49.0 Å². The Morgan fingerprint density at radius 3 is 2.37 bits per heavy atom. The third kappa shape index (κ3) is 3.90. The molecule has 0 saturated carbocycles. The largest absolute Gasteiger partial charge is 0.508 e. The van der Waals surface area contributed by atoms with Gasteiger partial charge in [0.25, 0.3) is 5.13 Å². The fraction of sp³-hybridized carbons (Fsp3) is 0. The van der Waals surface area contributed by atoms with Crippen molar-refractivity contribution < 1.29 is 9.79 Å². The average molecular weight is 415 g/mol. The van der Waals surface area contributed by atoms with E-state index in [4.69, 9.17) is 28.3 Å². The minimum atomic E-state index is 0.215. The highest BCUT2D eigenvalue weighted by atomic mass is 35.5. The van der Waals surface area contributed by atoms with Crippen molar-refractivity contribution in [1.82, 2.24) is 5.10 Å². The first kappa shape index (κ1) is 17.8. The van der Waals surface area contributed by atoms with Crippen molar-refractivity contribution in [3.05, 3.63) is 82.8 Å². The highest BCUT2D eigenvalue weighted by Crippen LogP contribution is 2.34. The summed E-state index contributed by atoms with van der Waals surface area (Å²) in [5.41, 5.74) is 2.60. The lowest BCUT2D eigenvalue weighted by molar-refractivity contribution is -0.642. The van der Waals surface area contributed by atoms with Crippen molar-refractivity contribution in [3.8, 4) is 22.0 Å². The van der Waals surface area contributed by atoms with Crippen molar-refractivity contribution in [3.63, 3.8) is 0 Å². The van der Waals surface area contributed by atoms with Crippen molar-refractivity contribution in [2.75, 3.05) is 5.32 Å². The maximum atomic E-state index is 9.45. The molecule has 0 aliphatic heterocycles. The molecule has 0 aliphatic rings. The minimum Gasteiger partial charge on any atom is -0.508 e. The zero-order valence-corrected chi connectivity index (χ0v) is 16.3. The van der Waals surface area contributed by atoms with Crippen LogP contribution in [-0.4, -0.2) is 10.2 Å². The van der Waals surface area contributed by atoms with Crippen LogP contribution in [-0.2, 0) is 0 Å². The number of hydrogen-bond acceptors (Lipinski definition) is 4. The number of phenols is 1. The Labute approximate surface area is 170 Å². The monoisotopic (exact) mass is 414 g/mol. The number of anilines is 2. The standard InChI is InChI=1S/C20H13Cl2N3OS/c21-13-6-11-17(18(22)12-13)19-25(15-4-2-1-3-5-15)24-20(27-19)23-14-7-9-16(26)10-8-14/h1-12H,(H-,23,24,26)/p+1. The van der Waals surface area contributed by atoms with Crippen LogP contribution in [0.1, 0.15) is 0 Å². The van der Waals surface area contributed by atoms with Crippen LogP contribution >= 0.6 is 34.5 Å². The Bertz CT molecular complexity index is 1080. The van der Waals surface area contributed by atoms with Gasteiger partial charge in [-0.3, -0.25) is 0 Å². The second-order valence-corrected chi connectivity index (χ2v) is 7.58. The molecular formula is C20H14Cl2N3OS+. The van der Waals surface area contributed by atoms with Gasteiger partial charge in [-0.1, -0.05) is 41.4 Å². The molecule has 27 heavy (non-hydrogen) atoms.